The molecule has 0 aliphatic carbocycles. The Morgan fingerprint density at radius 1 is 0.337 bits per heavy atom. The molecular weight excluding hydrogens is 1210 g/mol. The first-order valence-corrected chi connectivity index (χ1v) is 39.8. The molecule has 0 spiro atoms. The fourth-order valence-electron chi connectivity index (χ4n) is 10.1. The van der Waals surface area contributed by atoms with Gasteiger partial charge in [-0.15, -0.1) is 0 Å². The van der Waals surface area contributed by atoms with Crippen LogP contribution in [0, 0.1) is 5.92 Å². The number of esters is 4. The molecule has 0 saturated carbocycles. The summed E-state index contributed by atoms with van der Waals surface area (Å²) < 4.78 is 68.3. The molecule has 0 fully saturated rings. The zero-order valence-electron chi connectivity index (χ0n) is 58.6. The molecule has 2 unspecified atom stereocenters. The summed E-state index contributed by atoms with van der Waals surface area (Å²) >= 11 is 0. The van der Waals surface area contributed by atoms with E-state index < -0.39 is 97.5 Å². The number of aliphatic hydroxyl groups is 1. The number of unbranched alkanes of at least 4 members (excludes halogenated alkanes) is 35. The predicted molar refractivity (Wildman–Crippen MR) is 372 cm³/mol. The van der Waals surface area contributed by atoms with Crippen LogP contribution in [0.2, 0.25) is 0 Å². The number of carbonyl (C=O) groups excluding carboxylic acids is 4. The Bertz CT molecular complexity index is 1960. The minimum atomic E-state index is -4.97. The summed E-state index contributed by atoms with van der Waals surface area (Å²) in [6.07, 6.45) is 58.4. The molecule has 0 aliphatic rings. The molecule has 92 heavy (non-hydrogen) atoms. The first kappa shape index (κ1) is 89.0. The summed E-state index contributed by atoms with van der Waals surface area (Å²) in [6.45, 7) is 7.10. The van der Waals surface area contributed by atoms with Gasteiger partial charge >= 0.3 is 39.5 Å². The van der Waals surface area contributed by atoms with Crippen LogP contribution in [0.1, 0.15) is 330 Å². The maximum atomic E-state index is 13.0. The Balaban J connectivity index is 5.32. The van der Waals surface area contributed by atoms with Crippen LogP contribution >= 0.6 is 15.6 Å². The molecule has 0 aromatic heterocycles. The second-order valence-corrected chi connectivity index (χ2v) is 28.3. The predicted octanol–water partition coefficient (Wildman–Crippen LogP) is 20.4. The number of ether oxygens (including phenoxy) is 4. The number of allylic oxidation sites excluding steroid dienone is 8. The van der Waals surface area contributed by atoms with E-state index in [4.69, 9.17) is 37.0 Å². The van der Waals surface area contributed by atoms with Crippen molar-refractivity contribution in [3.63, 3.8) is 0 Å². The van der Waals surface area contributed by atoms with E-state index in [9.17, 15) is 43.2 Å². The van der Waals surface area contributed by atoms with Crippen LogP contribution in [0.25, 0.3) is 0 Å². The monoisotopic (exact) mass is 1340 g/mol. The Labute approximate surface area is 559 Å². The van der Waals surface area contributed by atoms with E-state index in [0.717, 1.165) is 128 Å². The first-order valence-electron chi connectivity index (χ1n) is 36.8. The van der Waals surface area contributed by atoms with Crippen LogP contribution in [0.15, 0.2) is 48.6 Å². The number of phosphoric ester groups is 2. The Kier molecular flexibility index (Phi) is 63.2. The summed E-state index contributed by atoms with van der Waals surface area (Å²) in [5, 5.41) is 10.6. The largest absolute Gasteiger partial charge is 0.472 e. The van der Waals surface area contributed by atoms with E-state index in [1.165, 1.54) is 122 Å². The molecule has 0 aromatic carbocycles. The normalized spacial score (nSPS) is 14.4. The van der Waals surface area contributed by atoms with Crippen molar-refractivity contribution in [2.24, 2.45) is 5.92 Å². The number of hydrogen-bond acceptors (Lipinski definition) is 15. The fourth-order valence-corrected chi connectivity index (χ4v) is 11.7. The molecule has 19 heteroatoms. The summed E-state index contributed by atoms with van der Waals surface area (Å²) in [5.74, 6) is -1.45. The van der Waals surface area contributed by atoms with Crippen molar-refractivity contribution in [2.45, 2.75) is 348 Å². The van der Waals surface area contributed by atoms with Crippen LogP contribution in [0.4, 0.5) is 0 Å². The molecule has 5 atom stereocenters. The highest BCUT2D eigenvalue weighted by Gasteiger charge is 2.30. The maximum absolute atomic E-state index is 13.0. The summed E-state index contributed by atoms with van der Waals surface area (Å²) in [4.78, 5) is 72.6. The lowest BCUT2D eigenvalue weighted by Crippen LogP contribution is -2.30. The van der Waals surface area contributed by atoms with E-state index in [-0.39, 0.29) is 25.7 Å². The van der Waals surface area contributed by atoms with Gasteiger partial charge in [-0.3, -0.25) is 37.3 Å². The van der Waals surface area contributed by atoms with Crippen molar-refractivity contribution >= 4 is 39.5 Å². The topological polar surface area (TPSA) is 237 Å². The van der Waals surface area contributed by atoms with Gasteiger partial charge < -0.3 is 33.8 Å². The highest BCUT2D eigenvalue weighted by Crippen LogP contribution is 2.45. The average molecular weight is 1350 g/mol. The van der Waals surface area contributed by atoms with Gasteiger partial charge in [0.25, 0.3) is 0 Å². The quantitative estimate of drug-likeness (QED) is 0.0169. The Morgan fingerprint density at radius 3 is 0.891 bits per heavy atom. The molecular formula is C73H134O17P2. The van der Waals surface area contributed by atoms with E-state index >= 15 is 0 Å². The molecule has 0 aliphatic heterocycles. The van der Waals surface area contributed by atoms with Crippen LogP contribution in [0.3, 0.4) is 0 Å². The number of rotatable bonds is 69. The van der Waals surface area contributed by atoms with Crippen molar-refractivity contribution in [1.82, 2.24) is 0 Å². The molecule has 0 rings (SSSR count). The first-order chi connectivity index (χ1) is 44.5. The number of hydrogen-bond donors (Lipinski definition) is 3. The van der Waals surface area contributed by atoms with Gasteiger partial charge in [0.1, 0.15) is 19.3 Å². The van der Waals surface area contributed by atoms with Crippen LogP contribution in [-0.2, 0) is 65.4 Å². The minimum absolute atomic E-state index is 0.0782. The Hall–Kier alpha value is -2.98. The molecule has 0 radical (unpaired) electrons. The van der Waals surface area contributed by atoms with E-state index in [1.54, 1.807) is 0 Å². The lowest BCUT2D eigenvalue weighted by atomic mass is 10.0. The SMILES string of the molecule is CCCCCC/C=C\C=C/CCCCCCCC(=O)OC[C@H](COP(=O)(O)OC[C@@H](O)COP(=O)(O)OC[C@@H](COC(=O)CCCCCCCCCCCC)OC(=O)CCCCCCCCCCCC(C)C)OC(=O)CCCCCCC/C=C\C=C/CCCCCC. The smallest absolute Gasteiger partial charge is 0.462 e. The van der Waals surface area contributed by atoms with Crippen molar-refractivity contribution in [2.75, 3.05) is 39.6 Å². The zero-order chi connectivity index (χ0) is 67.7. The molecule has 0 bridgehead atoms. The lowest BCUT2D eigenvalue weighted by molar-refractivity contribution is -0.161. The van der Waals surface area contributed by atoms with Gasteiger partial charge in [0.15, 0.2) is 12.2 Å². The van der Waals surface area contributed by atoms with Crippen molar-refractivity contribution in [3.8, 4) is 0 Å². The van der Waals surface area contributed by atoms with Gasteiger partial charge in [-0.05, 0) is 83.0 Å². The number of phosphoric acid groups is 2. The number of aliphatic hydroxyl groups excluding tert-OH is 1. The minimum Gasteiger partial charge on any atom is -0.462 e. The van der Waals surface area contributed by atoms with Crippen LogP contribution in [0.5, 0.6) is 0 Å². The van der Waals surface area contributed by atoms with Gasteiger partial charge in [0.2, 0.25) is 0 Å². The lowest BCUT2D eigenvalue weighted by Gasteiger charge is -2.21. The molecule has 0 saturated heterocycles. The Morgan fingerprint density at radius 2 is 0.587 bits per heavy atom. The third-order valence-corrected chi connectivity index (χ3v) is 17.7. The van der Waals surface area contributed by atoms with Crippen molar-refractivity contribution in [1.29, 1.82) is 0 Å². The van der Waals surface area contributed by atoms with Crippen molar-refractivity contribution < 1.29 is 80.2 Å². The van der Waals surface area contributed by atoms with Gasteiger partial charge in [-0.2, -0.15) is 0 Å². The van der Waals surface area contributed by atoms with Gasteiger partial charge in [0.05, 0.1) is 26.4 Å². The summed E-state index contributed by atoms with van der Waals surface area (Å²) in [6, 6.07) is 0. The second kappa shape index (κ2) is 65.3. The molecule has 0 aromatic rings. The molecule has 538 valence electrons. The average Bonchev–Trinajstić information content (AvgIpc) is 1.83. The molecule has 3 N–H and O–H groups in total. The van der Waals surface area contributed by atoms with E-state index in [2.05, 4.69) is 83.2 Å². The standard InChI is InChI=1S/C73H134O17P2/c1-6-9-12-15-18-21-24-26-28-30-32-37-42-47-52-57-71(76)84-63-68(89-72(77)58-53-48-43-38-33-31-29-27-25-22-19-16-13-10-7-2)64-87-91(79,80)85-60-67(74)61-86-92(81,82)88-65-69(62-83-70(75)56-51-46-41-36-23-20-17-14-11-8-3)90-73(78)59-54-49-44-39-34-35-40-45-50-55-66(4)5/h21-22,24-29,66-69,74H,6-20,23,30-65H2,1-5H3,(H,79,80)(H,81,82)/b24-21-,25-22-,28-26-,29-27-/t67-,68-,69-/m1/s1. The number of carbonyl (C=O) groups is 4. The third-order valence-electron chi connectivity index (χ3n) is 15.8. The van der Waals surface area contributed by atoms with Crippen LogP contribution < -0.4 is 0 Å². The van der Waals surface area contributed by atoms with E-state index in [1.807, 2.05) is 0 Å². The third kappa shape index (κ3) is 65.7. The zero-order valence-corrected chi connectivity index (χ0v) is 60.4. The fraction of sp³-hybridized carbons (Fsp3) is 0.836. The van der Waals surface area contributed by atoms with Gasteiger partial charge in [-0.25, -0.2) is 9.13 Å². The molecule has 0 amide bonds. The summed E-state index contributed by atoms with van der Waals surface area (Å²) in [5.41, 5.74) is 0. The maximum Gasteiger partial charge on any atom is 0.472 e. The highest BCUT2D eigenvalue weighted by atomic mass is 31.2. The second-order valence-electron chi connectivity index (χ2n) is 25.4. The van der Waals surface area contributed by atoms with Crippen molar-refractivity contribution in [3.05, 3.63) is 48.6 Å². The highest BCUT2D eigenvalue weighted by molar-refractivity contribution is 7.47. The molecule has 0 heterocycles. The van der Waals surface area contributed by atoms with Gasteiger partial charge in [-0.1, -0.05) is 276 Å². The van der Waals surface area contributed by atoms with Crippen LogP contribution in [-0.4, -0.2) is 96.7 Å². The van der Waals surface area contributed by atoms with Gasteiger partial charge in [0, 0.05) is 25.7 Å². The summed E-state index contributed by atoms with van der Waals surface area (Å²) in [7, 11) is -9.93. The van der Waals surface area contributed by atoms with E-state index in [0.29, 0.717) is 25.7 Å². The molecule has 17 nitrogen and oxygen atoms in total.